The van der Waals surface area contributed by atoms with Crippen LogP contribution in [0.2, 0.25) is 0 Å². The van der Waals surface area contributed by atoms with E-state index in [4.69, 9.17) is 4.74 Å². The molecule has 1 aromatic rings. The van der Waals surface area contributed by atoms with Crippen LogP contribution < -0.4 is 10.1 Å². The van der Waals surface area contributed by atoms with Crippen LogP contribution in [-0.4, -0.2) is 62.5 Å². The van der Waals surface area contributed by atoms with Crippen LogP contribution >= 0.6 is 0 Å². The van der Waals surface area contributed by atoms with Gasteiger partial charge in [0.25, 0.3) is 0 Å². The van der Waals surface area contributed by atoms with Crippen molar-refractivity contribution in [2.45, 2.75) is 13.0 Å². The van der Waals surface area contributed by atoms with Crippen molar-refractivity contribution in [3.63, 3.8) is 0 Å². The Balaban J connectivity index is 1.85. The summed E-state index contributed by atoms with van der Waals surface area (Å²) in [6.45, 7) is 2.39. The van der Waals surface area contributed by atoms with Crippen LogP contribution in [0, 0.1) is 5.92 Å². The number of methoxy groups -OCH3 is 1. The minimum absolute atomic E-state index is 0.0595. The maximum atomic E-state index is 12.3. The molecule has 1 heterocycles. The number of nitrogens with one attached hydrogen (secondary N) is 1. The minimum Gasteiger partial charge on any atom is -0.496 e. The Morgan fingerprint density at radius 3 is 2.83 bits per heavy atom. The van der Waals surface area contributed by atoms with Gasteiger partial charge in [0.15, 0.2) is 0 Å². The summed E-state index contributed by atoms with van der Waals surface area (Å²) in [4.78, 5) is 28.1. The lowest BCUT2D eigenvalue weighted by molar-refractivity contribution is -0.129. The van der Waals surface area contributed by atoms with Gasteiger partial charge in [0, 0.05) is 38.2 Å². The van der Waals surface area contributed by atoms with Crippen LogP contribution in [0.4, 0.5) is 0 Å². The van der Waals surface area contributed by atoms with Gasteiger partial charge in [-0.15, -0.1) is 0 Å². The minimum atomic E-state index is -0.264. The summed E-state index contributed by atoms with van der Waals surface area (Å²) in [5.74, 6) is 0.475. The number of rotatable bonds is 7. The summed E-state index contributed by atoms with van der Waals surface area (Å²) in [5.41, 5.74) is 0.928. The number of para-hydroxylation sites is 1. The number of ether oxygens (including phenoxy) is 1. The van der Waals surface area contributed by atoms with Gasteiger partial charge < -0.3 is 19.9 Å². The van der Waals surface area contributed by atoms with E-state index in [0.29, 0.717) is 26.1 Å². The molecule has 126 valence electrons. The first-order chi connectivity index (χ1) is 11.0. The molecule has 1 saturated heterocycles. The third-order valence-electron chi connectivity index (χ3n) is 4.05. The molecule has 0 radical (unpaired) electrons. The molecule has 1 aliphatic heterocycles. The van der Waals surface area contributed by atoms with Crippen molar-refractivity contribution in [3.05, 3.63) is 29.8 Å². The molecule has 0 bridgehead atoms. The first kappa shape index (κ1) is 17.3. The average molecular weight is 319 g/mol. The average Bonchev–Trinajstić information content (AvgIpc) is 2.92. The Bertz CT molecular complexity index is 560. The summed E-state index contributed by atoms with van der Waals surface area (Å²) < 4.78 is 5.27. The fourth-order valence-electron chi connectivity index (χ4n) is 2.66. The van der Waals surface area contributed by atoms with E-state index in [9.17, 15) is 9.59 Å². The van der Waals surface area contributed by atoms with Crippen LogP contribution in [0.15, 0.2) is 24.3 Å². The van der Waals surface area contributed by atoms with E-state index in [0.717, 1.165) is 17.9 Å². The van der Waals surface area contributed by atoms with Gasteiger partial charge in [0.1, 0.15) is 5.75 Å². The van der Waals surface area contributed by atoms with E-state index in [1.807, 2.05) is 43.3 Å². The summed E-state index contributed by atoms with van der Waals surface area (Å²) in [5, 5.41) is 2.91. The zero-order valence-electron chi connectivity index (χ0n) is 14.0. The first-order valence-corrected chi connectivity index (χ1v) is 7.83. The molecule has 1 N–H and O–H groups in total. The Morgan fingerprint density at radius 1 is 1.39 bits per heavy atom. The van der Waals surface area contributed by atoms with Gasteiger partial charge in [0.05, 0.1) is 13.0 Å². The van der Waals surface area contributed by atoms with E-state index in [2.05, 4.69) is 5.32 Å². The van der Waals surface area contributed by atoms with Crippen LogP contribution in [-0.2, 0) is 16.1 Å². The molecule has 0 aromatic heterocycles. The molecule has 1 fully saturated rings. The topological polar surface area (TPSA) is 61.9 Å². The molecule has 1 unspecified atom stereocenters. The van der Waals surface area contributed by atoms with Crippen molar-refractivity contribution >= 4 is 11.8 Å². The summed E-state index contributed by atoms with van der Waals surface area (Å²) >= 11 is 0. The van der Waals surface area contributed by atoms with E-state index < -0.39 is 0 Å². The molecule has 0 saturated carbocycles. The van der Waals surface area contributed by atoms with Crippen molar-refractivity contribution in [3.8, 4) is 5.75 Å². The predicted octanol–water partition coefficient (Wildman–Crippen LogP) is 0.722. The predicted molar refractivity (Wildman–Crippen MR) is 88.1 cm³/mol. The second-order valence-electron chi connectivity index (χ2n) is 6.07. The third-order valence-corrected chi connectivity index (χ3v) is 4.05. The number of amides is 2. The lowest BCUT2D eigenvalue weighted by Crippen LogP contribution is -2.35. The Hall–Kier alpha value is -2.08. The highest BCUT2D eigenvalue weighted by Gasteiger charge is 2.33. The second kappa shape index (κ2) is 7.97. The van der Waals surface area contributed by atoms with E-state index in [1.54, 1.807) is 12.0 Å². The highest BCUT2D eigenvalue weighted by Crippen LogP contribution is 2.19. The maximum Gasteiger partial charge on any atom is 0.225 e. The molecule has 1 atom stereocenters. The molecule has 6 nitrogen and oxygen atoms in total. The Labute approximate surface area is 137 Å². The van der Waals surface area contributed by atoms with Gasteiger partial charge in [-0.05, 0) is 20.2 Å². The van der Waals surface area contributed by atoms with Crippen molar-refractivity contribution in [2.24, 2.45) is 5.92 Å². The number of nitrogens with zero attached hydrogens (tertiary/aromatic N) is 2. The number of carbonyl (C=O) groups is 2. The number of benzene rings is 1. The van der Waals surface area contributed by atoms with Gasteiger partial charge in [-0.2, -0.15) is 0 Å². The number of likely N-dealkylation sites (tertiary alicyclic amines) is 1. The van der Waals surface area contributed by atoms with Gasteiger partial charge in [-0.25, -0.2) is 0 Å². The summed E-state index contributed by atoms with van der Waals surface area (Å²) in [6, 6.07) is 7.58. The van der Waals surface area contributed by atoms with Crippen molar-refractivity contribution in [2.75, 3.05) is 40.8 Å². The van der Waals surface area contributed by atoms with Crippen LogP contribution in [0.25, 0.3) is 0 Å². The van der Waals surface area contributed by atoms with Crippen molar-refractivity contribution < 1.29 is 14.3 Å². The lowest BCUT2D eigenvalue weighted by atomic mass is 10.1. The number of hydrogen-bond acceptors (Lipinski definition) is 4. The molecular formula is C17H25N3O3. The van der Waals surface area contributed by atoms with Gasteiger partial charge in [0.2, 0.25) is 11.8 Å². The smallest absolute Gasteiger partial charge is 0.225 e. The highest BCUT2D eigenvalue weighted by atomic mass is 16.5. The van der Waals surface area contributed by atoms with Crippen molar-refractivity contribution in [1.82, 2.24) is 15.1 Å². The van der Waals surface area contributed by atoms with E-state index in [1.165, 1.54) is 0 Å². The zero-order valence-corrected chi connectivity index (χ0v) is 14.0. The highest BCUT2D eigenvalue weighted by molar-refractivity contribution is 5.89. The quantitative estimate of drug-likeness (QED) is 0.804. The van der Waals surface area contributed by atoms with E-state index >= 15 is 0 Å². The molecule has 2 rings (SSSR count). The van der Waals surface area contributed by atoms with E-state index in [-0.39, 0.29) is 17.7 Å². The number of likely N-dealkylation sites (N-methyl/N-ethyl adjacent to an activating group) is 1. The summed E-state index contributed by atoms with van der Waals surface area (Å²) in [7, 11) is 5.55. The molecule has 0 aliphatic carbocycles. The van der Waals surface area contributed by atoms with Crippen molar-refractivity contribution in [1.29, 1.82) is 0 Å². The summed E-state index contributed by atoms with van der Waals surface area (Å²) in [6.07, 6.45) is 0.297. The van der Waals surface area contributed by atoms with Gasteiger partial charge >= 0.3 is 0 Å². The number of hydrogen-bond donors (Lipinski definition) is 1. The normalized spacial score (nSPS) is 17.7. The largest absolute Gasteiger partial charge is 0.496 e. The van der Waals surface area contributed by atoms with Gasteiger partial charge in [-0.1, -0.05) is 18.2 Å². The third kappa shape index (κ3) is 4.69. The molecule has 6 heteroatoms. The second-order valence-corrected chi connectivity index (χ2v) is 6.07. The zero-order chi connectivity index (χ0) is 16.8. The molecule has 23 heavy (non-hydrogen) atoms. The fourth-order valence-corrected chi connectivity index (χ4v) is 2.66. The molecular weight excluding hydrogens is 294 g/mol. The molecule has 1 aliphatic rings. The Kier molecular flexibility index (Phi) is 5.98. The standard InChI is InChI=1S/C17H25N3O3/c1-19(2)8-9-20-12-14(10-16(20)21)17(22)18-11-13-6-4-5-7-15(13)23-3/h4-7,14H,8-12H2,1-3H3,(H,18,22). The lowest BCUT2D eigenvalue weighted by Gasteiger charge is -2.19. The molecule has 0 spiro atoms. The molecule has 2 amide bonds. The van der Waals surface area contributed by atoms with Crippen LogP contribution in [0.3, 0.4) is 0 Å². The first-order valence-electron chi connectivity index (χ1n) is 7.83. The molecule has 1 aromatic carbocycles. The van der Waals surface area contributed by atoms with Crippen LogP contribution in [0.1, 0.15) is 12.0 Å². The number of carbonyl (C=O) groups excluding carboxylic acids is 2. The SMILES string of the molecule is COc1ccccc1CNC(=O)C1CC(=O)N(CCN(C)C)C1. The Morgan fingerprint density at radius 2 is 2.13 bits per heavy atom. The monoisotopic (exact) mass is 319 g/mol. The maximum absolute atomic E-state index is 12.3. The fraction of sp³-hybridized carbons (Fsp3) is 0.529. The van der Waals surface area contributed by atoms with Gasteiger partial charge in [-0.3, -0.25) is 9.59 Å². The van der Waals surface area contributed by atoms with Crippen LogP contribution in [0.5, 0.6) is 5.75 Å².